The molecule has 0 atom stereocenters. The minimum absolute atomic E-state index is 0.199. The molecule has 0 aliphatic carbocycles. The molecule has 0 aliphatic rings. The molecule has 1 N–H and O–H groups in total. The fourth-order valence-corrected chi connectivity index (χ4v) is 4.17. The van der Waals surface area contributed by atoms with Crippen molar-refractivity contribution in [2.75, 3.05) is 19.0 Å². The lowest BCUT2D eigenvalue weighted by Gasteiger charge is -2.14. The molecule has 0 spiro atoms. The smallest absolute Gasteiger partial charge is 0.262 e. The normalized spacial score (nSPS) is 11.0. The Bertz CT molecular complexity index is 1250. The number of hydrogen-bond donors (Lipinski definition) is 1. The lowest BCUT2D eigenvalue weighted by Crippen LogP contribution is -2.20. The van der Waals surface area contributed by atoms with E-state index in [1.165, 1.54) is 7.11 Å². The van der Waals surface area contributed by atoms with Crippen LogP contribution >= 0.6 is 50.1 Å². The number of nitrogens with zero attached hydrogens (tertiary/aromatic N) is 1. The summed E-state index contributed by atoms with van der Waals surface area (Å²) in [5.74, 6) is 0.598. The van der Waals surface area contributed by atoms with E-state index in [9.17, 15) is 10.1 Å². The Kier molecular flexibility index (Phi) is 8.78. The van der Waals surface area contributed by atoms with Crippen LogP contribution in [0, 0.1) is 21.8 Å². The van der Waals surface area contributed by atoms with Gasteiger partial charge in [0.25, 0.3) is 5.91 Å². The number of carbonyl (C=O) groups excluding carboxylic acids is 1. The van der Waals surface area contributed by atoms with Crippen LogP contribution in [0.4, 0.5) is 5.69 Å². The van der Waals surface area contributed by atoms with E-state index in [1.807, 2.05) is 43.3 Å². The summed E-state index contributed by atoms with van der Waals surface area (Å²) in [6.45, 7) is 1.69. The monoisotopic (exact) mass is 636 g/mol. The minimum Gasteiger partial charge on any atom is -0.493 e. The number of halogens is 3. The summed E-state index contributed by atoms with van der Waals surface area (Å²) in [6, 6.07) is 18.7. The zero-order valence-electron chi connectivity index (χ0n) is 17.8. The largest absolute Gasteiger partial charge is 0.493 e. The number of hydrogen-bond acceptors (Lipinski definition) is 4. The van der Waals surface area contributed by atoms with E-state index in [2.05, 4.69) is 49.9 Å². The maximum Gasteiger partial charge on any atom is 0.262 e. The number of aryl methyl sites for hydroxylation is 1. The first-order chi connectivity index (χ1) is 15.8. The van der Waals surface area contributed by atoms with Crippen LogP contribution in [0.1, 0.15) is 16.7 Å². The van der Waals surface area contributed by atoms with Crippen LogP contribution in [0.15, 0.2) is 59.1 Å². The quantitative estimate of drug-likeness (QED) is 0.170. The number of anilines is 1. The van der Waals surface area contributed by atoms with Crippen molar-refractivity contribution in [1.29, 1.82) is 5.26 Å². The molecule has 0 bridgehead atoms. The van der Waals surface area contributed by atoms with Crippen LogP contribution in [0.25, 0.3) is 11.6 Å². The van der Waals surface area contributed by atoms with Gasteiger partial charge in [0.05, 0.1) is 22.3 Å². The number of ether oxygens (including phenoxy) is 2. The van der Waals surface area contributed by atoms with Crippen LogP contribution in [0.3, 0.4) is 0 Å². The summed E-state index contributed by atoms with van der Waals surface area (Å²) in [6.07, 6.45) is 1.78. The number of allylic oxidation sites excluding steroid dienone is 1. The molecule has 0 heterocycles. The molecular weight excluding hydrogens is 619 g/mol. The van der Waals surface area contributed by atoms with Gasteiger partial charge in [-0.15, -0.1) is 0 Å². The predicted octanol–water partition coefficient (Wildman–Crippen LogP) is 7.11. The van der Waals surface area contributed by atoms with Crippen molar-refractivity contribution in [3.05, 3.63) is 84.4 Å². The van der Waals surface area contributed by atoms with Crippen molar-refractivity contribution in [2.45, 2.75) is 6.92 Å². The molecule has 3 aromatic rings. The minimum atomic E-state index is -0.321. The number of methoxy groups -OCH3 is 1. The van der Waals surface area contributed by atoms with E-state index in [4.69, 9.17) is 21.1 Å². The number of carbonyl (C=O) groups is 1. The highest BCUT2D eigenvalue weighted by atomic mass is 127. The van der Waals surface area contributed by atoms with Crippen molar-refractivity contribution in [2.24, 2.45) is 0 Å². The van der Waals surface area contributed by atoms with Crippen molar-refractivity contribution >= 4 is 73.4 Å². The SMILES string of the molecule is COc1cc(/C=C(\C#N)c2ccc(Br)cc2)cc(I)c1OCC(=O)Nc1ccc(C)c(Cl)c1. The van der Waals surface area contributed by atoms with Gasteiger partial charge in [-0.05, 0) is 88.7 Å². The Balaban J connectivity index is 1.77. The summed E-state index contributed by atoms with van der Waals surface area (Å²) in [4.78, 5) is 12.4. The number of nitriles is 1. The van der Waals surface area contributed by atoms with Gasteiger partial charge in [-0.3, -0.25) is 4.79 Å². The molecule has 3 aromatic carbocycles. The van der Waals surface area contributed by atoms with E-state index in [1.54, 1.807) is 24.3 Å². The van der Waals surface area contributed by atoms with E-state index >= 15 is 0 Å². The topological polar surface area (TPSA) is 71.3 Å². The lowest BCUT2D eigenvalue weighted by atomic mass is 10.0. The third-order valence-electron chi connectivity index (χ3n) is 4.64. The van der Waals surface area contributed by atoms with Crippen LogP contribution in [-0.4, -0.2) is 19.6 Å². The number of nitrogens with one attached hydrogen (secondary N) is 1. The highest BCUT2D eigenvalue weighted by Gasteiger charge is 2.14. The maximum atomic E-state index is 12.4. The number of amides is 1. The molecule has 8 heteroatoms. The second kappa shape index (κ2) is 11.5. The Hall–Kier alpha value is -2.54. The highest BCUT2D eigenvalue weighted by molar-refractivity contribution is 14.1. The summed E-state index contributed by atoms with van der Waals surface area (Å²) < 4.78 is 12.9. The zero-order chi connectivity index (χ0) is 24.0. The Morgan fingerprint density at radius 3 is 2.58 bits per heavy atom. The van der Waals surface area contributed by atoms with Crippen LogP contribution < -0.4 is 14.8 Å². The lowest BCUT2D eigenvalue weighted by molar-refractivity contribution is -0.118. The second-order valence-electron chi connectivity index (χ2n) is 7.01. The fraction of sp³-hybridized carbons (Fsp3) is 0.120. The van der Waals surface area contributed by atoms with Gasteiger partial charge in [-0.2, -0.15) is 5.26 Å². The molecule has 0 aromatic heterocycles. The molecule has 0 fully saturated rings. The van der Waals surface area contributed by atoms with E-state index < -0.39 is 0 Å². The molecule has 5 nitrogen and oxygen atoms in total. The average molecular weight is 638 g/mol. The maximum absolute atomic E-state index is 12.4. The average Bonchev–Trinajstić information content (AvgIpc) is 2.79. The molecule has 0 saturated heterocycles. The van der Waals surface area contributed by atoms with E-state index in [0.29, 0.717) is 27.8 Å². The third kappa shape index (κ3) is 6.73. The standard InChI is InChI=1S/C25H19BrClIN2O3/c1-15-3-8-20(12-21(15)27)30-24(31)14-33-25-22(28)10-16(11-23(25)32-2)9-18(13-29)17-4-6-19(26)7-5-17/h3-12H,14H2,1-2H3,(H,30,31)/b18-9+. The van der Waals surface area contributed by atoms with Gasteiger partial charge in [0.15, 0.2) is 18.1 Å². The number of benzene rings is 3. The predicted molar refractivity (Wildman–Crippen MR) is 144 cm³/mol. The van der Waals surface area contributed by atoms with Crippen molar-refractivity contribution in [1.82, 2.24) is 0 Å². The first kappa shape index (κ1) is 25.1. The molecule has 3 rings (SSSR count). The Morgan fingerprint density at radius 1 is 1.21 bits per heavy atom. The van der Waals surface area contributed by atoms with Gasteiger partial charge in [-0.1, -0.05) is 45.7 Å². The second-order valence-corrected chi connectivity index (χ2v) is 9.50. The Labute approximate surface area is 219 Å². The van der Waals surface area contributed by atoms with Crippen LogP contribution in [-0.2, 0) is 4.79 Å². The summed E-state index contributed by atoms with van der Waals surface area (Å²) >= 11 is 11.6. The van der Waals surface area contributed by atoms with Gasteiger partial charge in [-0.25, -0.2) is 0 Å². The first-order valence-corrected chi connectivity index (χ1v) is 12.0. The van der Waals surface area contributed by atoms with Gasteiger partial charge in [0.1, 0.15) is 0 Å². The molecular formula is C25H19BrClIN2O3. The molecule has 33 heavy (non-hydrogen) atoms. The van der Waals surface area contributed by atoms with Crippen LogP contribution in [0.2, 0.25) is 5.02 Å². The molecule has 168 valence electrons. The number of rotatable bonds is 7. The summed E-state index contributed by atoms with van der Waals surface area (Å²) in [7, 11) is 1.53. The van der Waals surface area contributed by atoms with Gasteiger partial charge in [0.2, 0.25) is 0 Å². The van der Waals surface area contributed by atoms with Crippen molar-refractivity contribution in [3.8, 4) is 17.6 Å². The summed E-state index contributed by atoms with van der Waals surface area (Å²) in [5.41, 5.74) is 3.63. The first-order valence-electron chi connectivity index (χ1n) is 9.74. The van der Waals surface area contributed by atoms with Gasteiger partial charge >= 0.3 is 0 Å². The van der Waals surface area contributed by atoms with Crippen molar-refractivity contribution < 1.29 is 14.3 Å². The fourth-order valence-electron chi connectivity index (χ4n) is 2.94. The summed E-state index contributed by atoms with van der Waals surface area (Å²) in [5, 5.41) is 13.0. The molecule has 0 saturated carbocycles. The van der Waals surface area contributed by atoms with E-state index in [0.717, 1.165) is 24.7 Å². The van der Waals surface area contributed by atoms with Gasteiger partial charge < -0.3 is 14.8 Å². The third-order valence-corrected chi connectivity index (χ3v) is 6.38. The van der Waals surface area contributed by atoms with Gasteiger partial charge in [0, 0.05) is 15.2 Å². The highest BCUT2D eigenvalue weighted by Crippen LogP contribution is 2.35. The molecule has 0 unspecified atom stereocenters. The molecule has 0 radical (unpaired) electrons. The molecule has 1 amide bonds. The van der Waals surface area contributed by atoms with Crippen LogP contribution in [0.5, 0.6) is 11.5 Å². The zero-order valence-corrected chi connectivity index (χ0v) is 22.3. The van der Waals surface area contributed by atoms with E-state index in [-0.39, 0.29) is 12.5 Å². The molecule has 0 aliphatic heterocycles. The van der Waals surface area contributed by atoms with Crippen molar-refractivity contribution in [3.63, 3.8) is 0 Å². The Morgan fingerprint density at radius 2 is 1.94 bits per heavy atom.